The quantitative estimate of drug-likeness (QED) is 0.434. The van der Waals surface area contributed by atoms with Gasteiger partial charge in [-0.25, -0.2) is 13.2 Å². The molecule has 3 aromatic rings. The minimum Gasteiger partial charge on any atom is -0.492 e. The first-order valence-corrected chi connectivity index (χ1v) is 15.3. The molecule has 5 rings (SSSR count). The number of hydrogen-bond donors (Lipinski definition) is 1. The summed E-state index contributed by atoms with van der Waals surface area (Å²) in [6, 6.07) is 10.3. The van der Waals surface area contributed by atoms with Crippen LogP contribution in [-0.2, 0) is 19.4 Å². The Morgan fingerprint density at radius 1 is 1.07 bits per heavy atom. The Balaban J connectivity index is 1.41. The van der Waals surface area contributed by atoms with Gasteiger partial charge in [-0.2, -0.15) is 4.68 Å². The largest absolute Gasteiger partial charge is 0.492 e. The van der Waals surface area contributed by atoms with Crippen LogP contribution in [0, 0.1) is 0 Å². The van der Waals surface area contributed by atoms with Gasteiger partial charge in [0.25, 0.3) is 11.8 Å². The normalized spacial score (nSPS) is 17.8. The smallest absolute Gasteiger partial charge is 0.435 e. The molecule has 14 heteroatoms. The Kier molecular flexibility index (Phi) is 8.06. The van der Waals surface area contributed by atoms with E-state index >= 15 is 0 Å². The first-order valence-electron chi connectivity index (χ1n) is 13.6. The number of amides is 2. The average molecular weight is 613 g/mol. The lowest BCUT2D eigenvalue weighted by molar-refractivity contribution is -0.132. The van der Waals surface area contributed by atoms with Crippen LogP contribution < -0.4 is 19.5 Å². The molecule has 3 heterocycles. The molecule has 2 amide bonds. The minimum atomic E-state index is -3.48. The number of nitrogens with zero attached hydrogens (tertiary/aromatic N) is 3. The van der Waals surface area contributed by atoms with Gasteiger partial charge in [-0.05, 0) is 51.5 Å². The summed E-state index contributed by atoms with van der Waals surface area (Å²) in [6.45, 7) is 5.96. The predicted octanol–water partition coefficient (Wildman–Crippen LogP) is 3.88. The summed E-state index contributed by atoms with van der Waals surface area (Å²) in [7, 11) is -1.80. The first kappa shape index (κ1) is 29.9. The van der Waals surface area contributed by atoms with Crippen molar-refractivity contribution in [2.24, 2.45) is 0 Å². The molecule has 0 radical (unpaired) electrons. The molecule has 13 nitrogen and oxygen atoms in total. The number of likely N-dealkylation sites (N-methyl/N-ethyl adjacent to an activating group) is 1. The molecule has 1 N–H and O–H groups in total. The molecule has 1 aromatic heterocycles. The van der Waals surface area contributed by atoms with Gasteiger partial charge in [0.05, 0.1) is 12.4 Å². The molecule has 0 spiro atoms. The standard InChI is InChI=1S/C29H32N4O9S/c1-29(2,3)42-28(36)33-11-9-25(31-33)30-26(34)18-14-20(16-21(15-18)41-22-8-10-32(4)27(22)35)40-19-6-7-24-23(17-19)39-12-5-13-43(24,37)38/h6-7,9,11,14-17,22H,5,8,10,12-13H2,1-4H3,(H,30,31,34)/t22-/m0/s1. The van der Waals surface area contributed by atoms with Crippen LogP contribution in [-0.4, -0.2) is 78.7 Å². The van der Waals surface area contributed by atoms with Crippen molar-refractivity contribution >= 4 is 33.6 Å². The monoisotopic (exact) mass is 612 g/mol. The molecular formula is C29H32N4O9S. The average Bonchev–Trinajstić information content (AvgIpc) is 3.48. The zero-order valence-corrected chi connectivity index (χ0v) is 25.0. The number of nitrogens with one attached hydrogen (secondary N) is 1. The maximum atomic E-state index is 13.3. The van der Waals surface area contributed by atoms with Gasteiger partial charge in [-0.15, -0.1) is 5.10 Å². The fourth-order valence-corrected chi connectivity index (χ4v) is 5.90. The fraction of sp³-hybridized carbons (Fsp3) is 0.379. The molecule has 0 saturated carbocycles. The predicted molar refractivity (Wildman–Crippen MR) is 154 cm³/mol. The number of carbonyl (C=O) groups excluding carboxylic acids is 3. The van der Waals surface area contributed by atoms with E-state index in [2.05, 4.69) is 10.4 Å². The highest BCUT2D eigenvalue weighted by Crippen LogP contribution is 2.35. The lowest BCUT2D eigenvalue weighted by Crippen LogP contribution is -2.29. The number of aromatic nitrogens is 2. The van der Waals surface area contributed by atoms with Crippen LogP contribution in [0.2, 0.25) is 0 Å². The Hall–Kier alpha value is -4.59. The molecule has 228 valence electrons. The van der Waals surface area contributed by atoms with Crippen LogP contribution in [0.5, 0.6) is 23.0 Å². The number of likely N-dealkylation sites (tertiary alicyclic amines) is 1. The van der Waals surface area contributed by atoms with Crippen molar-refractivity contribution in [1.82, 2.24) is 14.7 Å². The number of anilines is 1. The van der Waals surface area contributed by atoms with Gasteiger partial charge in [0.15, 0.2) is 21.8 Å². The maximum Gasteiger partial charge on any atom is 0.435 e. The van der Waals surface area contributed by atoms with E-state index in [1.165, 1.54) is 48.7 Å². The van der Waals surface area contributed by atoms with Crippen LogP contribution in [0.1, 0.15) is 44.0 Å². The zero-order chi connectivity index (χ0) is 30.9. The first-order chi connectivity index (χ1) is 20.3. The van der Waals surface area contributed by atoms with E-state index in [9.17, 15) is 22.8 Å². The summed E-state index contributed by atoms with van der Waals surface area (Å²) in [5.74, 6) is 0.170. The number of ether oxygens (including phenoxy) is 4. The summed E-state index contributed by atoms with van der Waals surface area (Å²) in [4.78, 5) is 39.7. The van der Waals surface area contributed by atoms with Crippen molar-refractivity contribution in [2.45, 2.75) is 50.2 Å². The molecule has 0 unspecified atom stereocenters. The second kappa shape index (κ2) is 11.6. The molecule has 2 aromatic carbocycles. The summed E-state index contributed by atoms with van der Waals surface area (Å²) < 4.78 is 49.0. The van der Waals surface area contributed by atoms with Gasteiger partial charge in [0.1, 0.15) is 33.5 Å². The second-order valence-corrected chi connectivity index (χ2v) is 13.2. The number of benzene rings is 2. The van der Waals surface area contributed by atoms with E-state index in [0.717, 1.165) is 4.68 Å². The molecule has 2 aliphatic heterocycles. The number of rotatable bonds is 6. The Morgan fingerprint density at radius 2 is 1.84 bits per heavy atom. The van der Waals surface area contributed by atoms with E-state index in [0.29, 0.717) is 19.4 Å². The van der Waals surface area contributed by atoms with E-state index in [1.807, 2.05) is 0 Å². The summed E-state index contributed by atoms with van der Waals surface area (Å²) in [5, 5.41) is 6.70. The third kappa shape index (κ3) is 7.08. The van der Waals surface area contributed by atoms with E-state index < -0.39 is 33.5 Å². The van der Waals surface area contributed by atoms with Crippen molar-refractivity contribution in [3.05, 3.63) is 54.2 Å². The van der Waals surface area contributed by atoms with Gasteiger partial charge in [0.2, 0.25) is 0 Å². The Morgan fingerprint density at radius 3 is 2.56 bits per heavy atom. The molecule has 1 saturated heterocycles. The van der Waals surface area contributed by atoms with Gasteiger partial charge in [-0.3, -0.25) is 9.59 Å². The van der Waals surface area contributed by atoms with Gasteiger partial charge < -0.3 is 29.2 Å². The molecular weight excluding hydrogens is 580 g/mol. The summed E-state index contributed by atoms with van der Waals surface area (Å²) in [6.07, 6.45) is 0.770. The Labute approximate surface area is 248 Å². The minimum absolute atomic E-state index is 0.0108. The second-order valence-electron chi connectivity index (χ2n) is 11.2. The topological polar surface area (TPSA) is 155 Å². The molecule has 0 bridgehead atoms. The van der Waals surface area contributed by atoms with Crippen molar-refractivity contribution in [3.8, 4) is 23.0 Å². The molecule has 1 fully saturated rings. The van der Waals surface area contributed by atoms with E-state index in [-0.39, 0.29) is 57.5 Å². The third-order valence-electron chi connectivity index (χ3n) is 6.51. The lowest BCUT2D eigenvalue weighted by Gasteiger charge is -2.18. The van der Waals surface area contributed by atoms with E-state index in [4.69, 9.17) is 18.9 Å². The highest BCUT2D eigenvalue weighted by Gasteiger charge is 2.31. The van der Waals surface area contributed by atoms with Crippen LogP contribution in [0.25, 0.3) is 0 Å². The SMILES string of the molecule is CN1CC[C@H](Oc2cc(Oc3ccc4c(c3)OCCCS4(=O)=O)cc(C(=O)Nc3ccn(C(=O)OC(C)(C)C)n3)c2)C1=O. The van der Waals surface area contributed by atoms with E-state index in [1.54, 1.807) is 32.7 Å². The maximum absolute atomic E-state index is 13.3. The number of hydrogen-bond acceptors (Lipinski definition) is 10. The Bertz CT molecular complexity index is 1680. The van der Waals surface area contributed by atoms with Gasteiger partial charge in [-0.1, -0.05) is 0 Å². The van der Waals surface area contributed by atoms with Crippen molar-refractivity contribution in [2.75, 3.05) is 31.3 Å². The van der Waals surface area contributed by atoms with Crippen molar-refractivity contribution in [1.29, 1.82) is 0 Å². The highest BCUT2D eigenvalue weighted by molar-refractivity contribution is 7.91. The van der Waals surface area contributed by atoms with Crippen LogP contribution in [0.15, 0.2) is 53.6 Å². The van der Waals surface area contributed by atoms with Crippen LogP contribution in [0.3, 0.4) is 0 Å². The van der Waals surface area contributed by atoms with Crippen molar-refractivity contribution in [3.63, 3.8) is 0 Å². The highest BCUT2D eigenvalue weighted by atomic mass is 32.2. The lowest BCUT2D eigenvalue weighted by atomic mass is 10.1. The zero-order valence-electron chi connectivity index (χ0n) is 24.2. The summed E-state index contributed by atoms with van der Waals surface area (Å²) in [5.41, 5.74) is -0.608. The third-order valence-corrected chi connectivity index (χ3v) is 8.34. The number of sulfone groups is 1. The number of fused-ring (bicyclic) bond motifs is 1. The molecule has 2 aliphatic rings. The molecule has 43 heavy (non-hydrogen) atoms. The molecule has 0 aliphatic carbocycles. The van der Waals surface area contributed by atoms with Gasteiger partial charge in [0, 0.05) is 50.0 Å². The fourth-order valence-electron chi connectivity index (χ4n) is 4.48. The van der Waals surface area contributed by atoms with Crippen LogP contribution in [0.4, 0.5) is 10.6 Å². The van der Waals surface area contributed by atoms with Gasteiger partial charge >= 0.3 is 6.09 Å². The molecule has 1 atom stereocenters. The number of carbonyl (C=O) groups is 3. The van der Waals surface area contributed by atoms with Crippen LogP contribution >= 0.6 is 0 Å². The van der Waals surface area contributed by atoms with Crippen molar-refractivity contribution < 1.29 is 41.7 Å². The summed E-state index contributed by atoms with van der Waals surface area (Å²) >= 11 is 0.